The van der Waals surface area contributed by atoms with E-state index in [0.717, 1.165) is 23.1 Å². The van der Waals surface area contributed by atoms with Crippen molar-refractivity contribution in [2.24, 2.45) is 0 Å². The van der Waals surface area contributed by atoms with Gasteiger partial charge in [0.05, 0.1) is 0 Å². The van der Waals surface area contributed by atoms with Crippen molar-refractivity contribution in [1.29, 1.82) is 0 Å². The molecule has 0 saturated carbocycles. The number of hydrogen-bond acceptors (Lipinski definition) is 2. The Bertz CT molecular complexity index is 477. The van der Waals surface area contributed by atoms with E-state index < -0.39 is 0 Å². The van der Waals surface area contributed by atoms with Crippen molar-refractivity contribution >= 4 is 6.29 Å². The largest absolute Gasteiger partial charge is 0.296 e. The first-order valence-electron chi connectivity index (χ1n) is 4.79. The summed E-state index contributed by atoms with van der Waals surface area (Å²) >= 11 is 0. The highest BCUT2D eigenvalue weighted by molar-refractivity contribution is 5.74. The van der Waals surface area contributed by atoms with Gasteiger partial charge >= 0.3 is 0 Å². The number of pyridine rings is 1. The van der Waals surface area contributed by atoms with Crippen molar-refractivity contribution in [1.82, 2.24) is 4.98 Å². The lowest BCUT2D eigenvalue weighted by atomic mass is 10.0. The fourth-order valence-electron chi connectivity index (χ4n) is 1.57. The van der Waals surface area contributed by atoms with Gasteiger partial charge in [0.2, 0.25) is 0 Å². The van der Waals surface area contributed by atoms with Gasteiger partial charge in [-0.1, -0.05) is 36.4 Å². The summed E-state index contributed by atoms with van der Waals surface area (Å²) in [4.78, 5) is 14.7. The van der Waals surface area contributed by atoms with E-state index >= 15 is 0 Å². The minimum Gasteiger partial charge on any atom is -0.296 e. The molecule has 0 aliphatic rings. The molecule has 1 heterocycles. The summed E-state index contributed by atoms with van der Waals surface area (Å²) in [5.74, 6) is 0. The van der Waals surface area contributed by atoms with Gasteiger partial charge in [-0.15, -0.1) is 0 Å². The van der Waals surface area contributed by atoms with Crippen LogP contribution in [0.1, 0.15) is 16.2 Å². The van der Waals surface area contributed by atoms with Crippen LogP contribution in [0.3, 0.4) is 0 Å². The van der Waals surface area contributed by atoms with E-state index in [-0.39, 0.29) is 0 Å². The highest BCUT2D eigenvalue weighted by Crippen LogP contribution is 2.21. The summed E-state index contributed by atoms with van der Waals surface area (Å²) in [6, 6.07) is 13.7. The Morgan fingerprint density at radius 1 is 1.07 bits per heavy atom. The molecule has 0 atom stereocenters. The minimum atomic E-state index is 0.479. The molecule has 15 heavy (non-hydrogen) atoms. The minimum absolute atomic E-state index is 0.479. The third-order valence-corrected chi connectivity index (χ3v) is 2.31. The molecule has 74 valence electrons. The predicted octanol–water partition coefficient (Wildman–Crippen LogP) is 2.87. The van der Waals surface area contributed by atoms with Crippen LogP contribution in [-0.2, 0) is 0 Å². The number of aryl methyl sites for hydroxylation is 1. The van der Waals surface area contributed by atoms with Crippen molar-refractivity contribution in [3.8, 4) is 11.1 Å². The summed E-state index contributed by atoms with van der Waals surface area (Å²) in [5.41, 5.74) is 3.55. The predicted molar refractivity (Wildman–Crippen MR) is 59.8 cm³/mol. The van der Waals surface area contributed by atoms with E-state index in [1.807, 2.05) is 43.3 Å². The molecule has 2 nitrogen and oxygen atoms in total. The molecule has 2 rings (SSSR count). The van der Waals surface area contributed by atoms with Crippen LogP contribution in [0.5, 0.6) is 0 Å². The Kier molecular flexibility index (Phi) is 2.59. The maximum atomic E-state index is 10.5. The van der Waals surface area contributed by atoms with Gasteiger partial charge in [-0.2, -0.15) is 0 Å². The topological polar surface area (TPSA) is 30.0 Å². The second-order valence-corrected chi connectivity index (χ2v) is 3.35. The highest BCUT2D eigenvalue weighted by atomic mass is 16.1. The van der Waals surface area contributed by atoms with E-state index in [4.69, 9.17) is 0 Å². The molecule has 0 unspecified atom stereocenters. The Morgan fingerprint density at radius 2 is 1.80 bits per heavy atom. The Labute approximate surface area is 88.6 Å². The molecule has 0 spiro atoms. The van der Waals surface area contributed by atoms with Crippen LogP contribution in [0.2, 0.25) is 0 Å². The average Bonchev–Trinajstić information content (AvgIpc) is 2.30. The fourth-order valence-corrected chi connectivity index (χ4v) is 1.57. The second-order valence-electron chi connectivity index (χ2n) is 3.35. The lowest BCUT2D eigenvalue weighted by molar-refractivity contribution is 0.111. The Hall–Kier alpha value is -1.96. The van der Waals surface area contributed by atoms with Crippen LogP contribution >= 0.6 is 0 Å². The number of aldehydes is 1. The molecule has 0 aliphatic carbocycles. The highest BCUT2D eigenvalue weighted by Gasteiger charge is 2.02. The van der Waals surface area contributed by atoms with Crippen LogP contribution < -0.4 is 0 Å². The number of nitrogens with zero attached hydrogens (tertiary/aromatic N) is 1. The Morgan fingerprint density at radius 3 is 2.40 bits per heavy atom. The Balaban J connectivity index is 2.51. The summed E-state index contributed by atoms with van der Waals surface area (Å²) in [7, 11) is 0. The van der Waals surface area contributed by atoms with Gasteiger partial charge in [0.15, 0.2) is 6.29 Å². The van der Waals surface area contributed by atoms with Crippen LogP contribution in [0, 0.1) is 6.92 Å². The van der Waals surface area contributed by atoms with Gasteiger partial charge in [-0.3, -0.25) is 4.79 Å². The smallest absolute Gasteiger partial charge is 0.168 e. The number of benzene rings is 1. The van der Waals surface area contributed by atoms with E-state index in [9.17, 15) is 4.79 Å². The number of aromatic nitrogens is 1. The van der Waals surface area contributed by atoms with Crippen LogP contribution in [0.4, 0.5) is 0 Å². The second kappa shape index (κ2) is 4.05. The molecule has 2 heteroatoms. The SMILES string of the molecule is Cc1nc(C=O)ccc1-c1ccccc1. The van der Waals surface area contributed by atoms with Gasteiger partial charge < -0.3 is 0 Å². The zero-order valence-electron chi connectivity index (χ0n) is 8.47. The molecule has 0 aliphatic heterocycles. The molecule has 0 saturated heterocycles. The van der Waals surface area contributed by atoms with Gasteiger partial charge in [0.1, 0.15) is 5.69 Å². The third-order valence-electron chi connectivity index (χ3n) is 2.31. The van der Waals surface area contributed by atoms with Crippen molar-refractivity contribution in [3.05, 3.63) is 53.9 Å². The van der Waals surface area contributed by atoms with Crippen molar-refractivity contribution in [2.75, 3.05) is 0 Å². The molecular weight excluding hydrogens is 186 g/mol. The van der Waals surface area contributed by atoms with Crippen LogP contribution in [0.25, 0.3) is 11.1 Å². The van der Waals surface area contributed by atoms with E-state index in [0.29, 0.717) is 5.69 Å². The number of hydrogen-bond donors (Lipinski definition) is 0. The monoisotopic (exact) mass is 197 g/mol. The van der Waals surface area contributed by atoms with Gasteiger partial charge in [-0.25, -0.2) is 4.98 Å². The van der Waals surface area contributed by atoms with E-state index in [2.05, 4.69) is 4.98 Å². The molecule has 0 fully saturated rings. The first-order valence-corrected chi connectivity index (χ1v) is 4.79. The number of carbonyl (C=O) groups is 1. The normalized spacial score (nSPS) is 9.93. The molecule has 1 aromatic carbocycles. The maximum absolute atomic E-state index is 10.5. The summed E-state index contributed by atoms with van der Waals surface area (Å²) in [5, 5.41) is 0. The average molecular weight is 197 g/mol. The maximum Gasteiger partial charge on any atom is 0.168 e. The summed E-state index contributed by atoms with van der Waals surface area (Å²) in [6.45, 7) is 1.91. The number of carbonyl (C=O) groups excluding carboxylic acids is 1. The number of rotatable bonds is 2. The first kappa shape index (κ1) is 9.59. The van der Waals surface area contributed by atoms with Gasteiger partial charge in [0.25, 0.3) is 0 Å². The third kappa shape index (κ3) is 1.94. The summed E-state index contributed by atoms with van der Waals surface area (Å²) in [6.07, 6.45) is 0.766. The standard InChI is InChI=1S/C13H11NO/c1-10-13(8-7-12(9-15)14-10)11-5-3-2-4-6-11/h2-9H,1H3. The fraction of sp³-hybridized carbons (Fsp3) is 0.0769. The van der Waals surface area contributed by atoms with Gasteiger partial charge in [-0.05, 0) is 18.6 Å². The van der Waals surface area contributed by atoms with Crippen molar-refractivity contribution in [3.63, 3.8) is 0 Å². The molecular formula is C13H11NO. The lowest BCUT2D eigenvalue weighted by Gasteiger charge is -2.05. The quantitative estimate of drug-likeness (QED) is 0.693. The van der Waals surface area contributed by atoms with Crippen LogP contribution in [0.15, 0.2) is 42.5 Å². The summed E-state index contributed by atoms with van der Waals surface area (Å²) < 4.78 is 0. The molecule has 2 aromatic rings. The van der Waals surface area contributed by atoms with Crippen LogP contribution in [-0.4, -0.2) is 11.3 Å². The zero-order chi connectivity index (χ0) is 10.7. The molecule has 0 radical (unpaired) electrons. The zero-order valence-corrected chi connectivity index (χ0v) is 8.47. The molecule has 1 aromatic heterocycles. The molecule has 0 amide bonds. The first-order chi connectivity index (χ1) is 7.31. The van der Waals surface area contributed by atoms with Crippen molar-refractivity contribution in [2.45, 2.75) is 6.92 Å². The van der Waals surface area contributed by atoms with Gasteiger partial charge in [0, 0.05) is 11.3 Å². The van der Waals surface area contributed by atoms with E-state index in [1.54, 1.807) is 6.07 Å². The van der Waals surface area contributed by atoms with E-state index in [1.165, 1.54) is 0 Å². The lowest BCUT2D eigenvalue weighted by Crippen LogP contribution is -1.92. The molecule has 0 N–H and O–H groups in total. The van der Waals surface area contributed by atoms with Crippen molar-refractivity contribution < 1.29 is 4.79 Å². The molecule has 0 bridgehead atoms.